The van der Waals surface area contributed by atoms with Crippen molar-refractivity contribution in [1.29, 1.82) is 0 Å². The van der Waals surface area contributed by atoms with Gasteiger partial charge in [-0.25, -0.2) is 0 Å². The van der Waals surface area contributed by atoms with Gasteiger partial charge >= 0.3 is 0 Å². The molecule has 32 heavy (non-hydrogen) atoms. The highest BCUT2D eigenvalue weighted by molar-refractivity contribution is 9.10. The fourth-order valence-electron chi connectivity index (χ4n) is 4.09. The highest BCUT2D eigenvalue weighted by Crippen LogP contribution is 2.22. The van der Waals surface area contributed by atoms with Gasteiger partial charge in [-0.05, 0) is 68.5 Å². The Labute approximate surface area is 199 Å². The SMILES string of the molecule is Cc1cccc(OCC(=O)N(Cc2cccc(Br)c2)C(C)C(=O)NC2CCCCC2)c1C. The molecule has 2 aromatic carbocycles. The molecule has 1 N–H and O–H groups in total. The minimum absolute atomic E-state index is 0.105. The van der Waals surface area contributed by atoms with Crippen molar-refractivity contribution in [2.45, 2.75) is 71.5 Å². The number of nitrogens with zero attached hydrogens (tertiary/aromatic N) is 1. The maximum Gasteiger partial charge on any atom is 0.261 e. The molecule has 1 saturated carbocycles. The molecule has 1 unspecified atom stereocenters. The van der Waals surface area contributed by atoms with Crippen molar-refractivity contribution in [2.75, 3.05) is 6.61 Å². The molecule has 0 radical (unpaired) electrons. The Balaban J connectivity index is 1.73. The highest BCUT2D eigenvalue weighted by Gasteiger charge is 2.28. The molecule has 3 rings (SSSR count). The van der Waals surface area contributed by atoms with Crippen molar-refractivity contribution < 1.29 is 14.3 Å². The molecular weight excluding hydrogens is 468 g/mol. The summed E-state index contributed by atoms with van der Waals surface area (Å²) in [6.45, 7) is 6.02. The van der Waals surface area contributed by atoms with E-state index in [2.05, 4.69) is 21.2 Å². The first-order valence-corrected chi connectivity index (χ1v) is 12.2. The van der Waals surface area contributed by atoms with Crippen molar-refractivity contribution in [3.63, 3.8) is 0 Å². The van der Waals surface area contributed by atoms with E-state index >= 15 is 0 Å². The average Bonchev–Trinajstić information content (AvgIpc) is 2.78. The predicted octanol–water partition coefficient (Wildman–Crippen LogP) is 5.31. The quantitative estimate of drug-likeness (QED) is 0.534. The van der Waals surface area contributed by atoms with Gasteiger partial charge in [-0.15, -0.1) is 0 Å². The summed E-state index contributed by atoms with van der Waals surface area (Å²) in [6, 6.07) is 13.2. The Morgan fingerprint density at radius 1 is 1.12 bits per heavy atom. The number of hydrogen-bond donors (Lipinski definition) is 1. The first-order chi connectivity index (χ1) is 15.3. The van der Waals surface area contributed by atoms with E-state index in [0.29, 0.717) is 12.3 Å². The summed E-state index contributed by atoms with van der Waals surface area (Å²) in [5, 5.41) is 3.16. The second-order valence-electron chi connectivity index (χ2n) is 8.66. The van der Waals surface area contributed by atoms with Crippen molar-refractivity contribution in [1.82, 2.24) is 10.2 Å². The number of nitrogens with one attached hydrogen (secondary N) is 1. The van der Waals surface area contributed by atoms with Crippen molar-refractivity contribution in [3.05, 3.63) is 63.6 Å². The molecule has 0 aliphatic heterocycles. The lowest BCUT2D eigenvalue weighted by Crippen LogP contribution is -2.51. The van der Waals surface area contributed by atoms with Gasteiger partial charge in [-0.1, -0.05) is 59.5 Å². The number of amides is 2. The molecule has 1 atom stereocenters. The van der Waals surface area contributed by atoms with Gasteiger partial charge in [0.1, 0.15) is 11.8 Å². The van der Waals surface area contributed by atoms with Crippen LogP contribution < -0.4 is 10.1 Å². The van der Waals surface area contributed by atoms with Gasteiger partial charge in [-0.3, -0.25) is 9.59 Å². The number of carbonyl (C=O) groups is 2. The zero-order chi connectivity index (χ0) is 23.1. The zero-order valence-electron chi connectivity index (χ0n) is 19.2. The minimum atomic E-state index is -0.592. The Morgan fingerprint density at radius 2 is 1.84 bits per heavy atom. The summed E-state index contributed by atoms with van der Waals surface area (Å²) >= 11 is 3.49. The van der Waals surface area contributed by atoms with Crippen molar-refractivity contribution in [2.24, 2.45) is 0 Å². The summed E-state index contributed by atoms with van der Waals surface area (Å²) in [4.78, 5) is 27.9. The molecule has 0 heterocycles. The van der Waals surface area contributed by atoms with Crippen LogP contribution in [0.4, 0.5) is 0 Å². The fourth-order valence-corrected chi connectivity index (χ4v) is 4.53. The van der Waals surface area contributed by atoms with Gasteiger partial charge < -0.3 is 15.0 Å². The summed E-state index contributed by atoms with van der Waals surface area (Å²) < 4.78 is 6.81. The van der Waals surface area contributed by atoms with Crippen LogP contribution in [0.2, 0.25) is 0 Å². The topological polar surface area (TPSA) is 58.6 Å². The molecular formula is C26H33BrN2O3. The molecule has 172 valence electrons. The van der Waals surface area contributed by atoms with E-state index in [1.54, 1.807) is 11.8 Å². The van der Waals surface area contributed by atoms with Crippen LogP contribution in [0.15, 0.2) is 46.9 Å². The van der Waals surface area contributed by atoms with E-state index in [1.165, 1.54) is 6.42 Å². The molecule has 5 nitrogen and oxygen atoms in total. The van der Waals surface area contributed by atoms with Crippen LogP contribution in [0.25, 0.3) is 0 Å². The third kappa shape index (κ3) is 6.58. The lowest BCUT2D eigenvalue weighted by molar-refractivity contribution is -0.142. The first kappa shape index (κ1) is 24.3. The summed E-state index contributed by atoms with van der Waals surface area (Å²) in [6.07, 6.45) is 5.53. The average molecular weight is 501 g/mol. The second-order valence-corrected chi connectivity index (χ2v) is 9.57. The lowest BCUT2D eigenvalue weighted by Gasteiger charge is -2.31. The molecule has 0 spiro atoms. The van der Waals surface area contributed by atoms with E-state index < -0.39 is 6.04 Å². The third-order valence-corrected chi connectivity index (χ3v) is 6.76. The van der Waals surface area contributed by atoms with E-state index in [1.807, 2.05) is 56.3 Å². The molecule has 1 aliphatic carbocycles. The van der Waals surface area contributed by atoms with Crippen LogP contribution in [-0.2, 0) is 16.1 Å². The number of carbonyl (C=O) groups excluding carboxylic acids is 2. The van der Waals surface area contributed by atoms with Gasteiger partial charge in [0.05, 0.1) is 0 Å². The number of benzene rings is 2. The number of rotatable bonds is 8. The van der Waals surface area contributed by atoms with Gasteiger partial charge in [0, 0.05) is 17.1 Å². The van der Waals surface area contributed by atoms with Crippen LogP contribution in [0.1, 0.15) is 55.7 Å². The second kappa shape index (κ2) is 11.5. The maximum atomic E-state index is 13.2. The molecule has 6 heteroatoms. The predicted molar refractivity (Wildman–Crippen MR) is 131 cm³/mol. The summed E-state index contributed by atoms with van der Waals surface area (Å²) in [5.41, 5.74) is 3.08. The monoisotopic (exact) mass is 500 g/mol. The van der Waals surface area contributed by atoms with Crippen LogP contribution >= 0.6 is 15.9 Å². The normalized spacial score (nSPS) is 15.1. The van der Waals surface area contributed by atoms with E-state index in [4.69, 9.17) is 4.74 Å². The Bertz CT molecular complexity index is 940. The number of hydrogen-bond acceptors (Lipinski definition) is 3. The van der Waals surface area contributed by atoms with Gasteiger partial charge in [0.15, 0.2) is 6.61 Å². The molecule has 0 aromatic heterocycles. The van der Waals surface area contributed by atoms with Crippen LogP contribution in [-0.4, -0.2) is 35.4 Å². The third-order valence-electron chi connectivity index (χ3n) is 6.27. The zero-order valence-corrected chi connectivity index (χ0v) is 20.8. The minimum Gasteiger partial charge on any atom is -0.483 e. The van der Waals surface area contributed by atoms with Gasteiger partial charge in [0.25, 0.3) is 5.91 Å². The van der Waals surface area contributed by atoms with E-state index in [-0.39, 0.29) is 24.5 Å². The molecule has 1 fully saturated rings. The summed E-state index contributed by atoms with van der Waals surface area (Å²) in [7, 11) is 0. The molecule has 2 aromatic rings. The lowest BCUT2D eigenvalue weighted by atomic mass is 9.95. The van der Waals surface area contributed by atoms with Crippen LogP contribution in [0.3, 0.4) is 0 Å². The standard InChI is InChI=1S/C26H33BrN2O3/c1-18-9-7-14-24(19(18)2)32-17-25(30)29(16-21-10-8-11-22(27)15-21)20(3)26(31)28-23-12-5-4-6-13-23/h7-11,14-15,20,23H,4-6,12-13,16-17H2,1-3H3,(H,28,31). The molecule has 0 bridgehead atoms. The Kier molecular flexibility index (Phi) is 8.74. The maximum absolute atomic E-state index is 13.2. The Morgan fingerprint density at radius 3 is 2.56 bits per heavy atom. The van der Waals surface area contributed by atoms with Gasteiger partial charge in [-0.2, -0.15) is 0 Å². The van der Waals surface area contributed by atoms with Crippen molar-refractivity contribution in [3.8, 4) is 5.75 Å². The van der Waals surface area contributed by atoms with Crippen LogP contribution in [0, 0.1) is 13.8 Å². The molecule has 0 saturated heterocycles. The smallest absolute Gasteiger partial charge is 0.261 e. The Hall–Kier alpha value is -2.34. The number of halogens is 1. The summed E-state index contributed by atoms with van der Waals surface area (Å²) in [5.74, 6) is 0.379. The van der Waals surface area contributed by atoms with E-state index in [9.17, 15) is 9.59 Å². The highest BCUT2D eigenvalue weighted by atomic mass is 79.9. The largest absolute Gasteiger partial charge is 0.483 e. The molecule has 1 aliphatic rings. The fraction of sp³-hybridized carbons (Fsp3) is 0.462. The first-order valence-electron chi connectivity index (χ1n) is 11.4. The van der Waals surface area contributed by atoms with E-state index in [0.717, 1.165) is 46.8 Å². The molecule has 2 amide bonds. The van der Waals surface area contributed by atoms with Crippen LogP contribution in [0.5, 0.6) is 5.75 Å². The number of aryl methyl sites for hydroxylation is 1. The number of ether oxygens (including phenoxy) is 1. The van der Waals surface area contributed by atoms with Crippen molar-refractivity contribution >= 4 is 27.7 Å². The van der Waals surface area contributed by atoms with Gasteiger partial charge in [0.2, 0.25) is 5.91 Å².